The summed E-state index contributed by atoms with van der Waals surface area (Å²) < 4.78 is 77.4. The minimum atomic E-state index is -1.25. The van der Waals surface area contributed by atoms with Crippen LogP contribution >= 0.6 is 0 Å². The van der Waals surface area contributed by atoms with Crippen molar-refractivity contribution < 1.29 is 76.8 Å². The van der Waals surface area contributed by atoms with Gasteiger partial charge in [0.15, 0.2) is 11.6 Å². The summed E-state index contributed by atoms with van der Waals surface area (Å²) in [6.07, 6.45) is 17.5. The van der Waals surface area contributed by atoms with E-state index >= 15 is 4.39 Å². The predicted molar refractivity (Wildman–Crippen MR) is 332 cm³/mol. The van der Waals surface area contributed by atoms with Gasteiger partial charge in [-0.1, -0.05) is 67.1 Å². The molecule has 0 spiro atoms. The molecule has 2 aliphatic carbocycles. The number of ether oxygens (including phenoxy) is 3. The Balaban J connectivity index is 0.000000260. The number of aldehydes is 1. The van der Waals surface area contributed by atoms with E-state index in [1.165, 1.54) is 18.2 Å². The fraction of sp³-hybridized carbons (Fsp3) is 0.471. The molecule has 92 heavy (non-hydrogen) atoms. The van der Waals surface area contributed by atoms with E-state index in [0.717, 1.165) is 73.9 Å². The third kappa shape index (κ3) is 13.7. The maximum atomic E-state index is 16.7. The number of likely N-dealkylation sites (N-methyl/N-ethyl adjacent to an activating group) is 1. The number of aromatic hydroxyl groups is 1. The second-order valence-electron chi connectivity index (χ2n) is 26.1. The molecule has 490 valence electrons. The Morgan fingerprint density at radius 1 is 0.913 bits per heavy atom. The fourth-order valence-electron chi connectivity index (χ4n) is 13.4. The molecule has 1 saturated carbocycles. The first-order chi connectivity index (χ1) is 43.7. The van der Waals surface area contributed by atoms with Gasteiger partial charge in [0, 0.05) is 69.4 Å². The van der Waals surface area contributed by atoms with E-state index in [9.17, 15) is 37.8 Å². The van der Waals surface area contributed by atoms with Crippen molar-refractivity contribution in [1.29, 1.82) is 0 Å². The first-order valence-electron chi connectivity index (χ1n) is 31.5. The first-order valence-corrected chi connectivity index (χ1v) is 31.5. The van der Waals surface area contributed by atoms with Crippen LogP contribution in [0, 0.1) is 29.2 Å². The number of hydrogen-bond acceptors (Lipinski definition) is 15. The van der Waals surface area contributed by atoms with Gasteiger partial charge in [-0.05, 0) is 155 Å². The zero-order valence-corrected chi connectivity index (χ0v) is 53.8. The molecule has 6 unspecified atom stereocenters. The van der Waals surface area contributed by atoms with Crippen molar-refractivity contribution in [3.8, 4) is 34.0 Å². The third-order valence-electron chi connectivity index (χ3n) is 18.4. The number of piperazine rings is 1. The normalized spacial score (nSPS) is 20.7. The molecule has 0 radical (unpaired) electrons. The minimum Gasteiger partial charge on any atom is -0.581 e. The van der Waals surface area contributed by atoms with Crippen LogP contribution in [-0.2, 0) is 45.9 Å². The molecular weight excluding hydrogens is 1280 g/mol. The summed E-state index contributed by atoms with van der Waals surface area (Å²) in [6, 6.07) is 9.94. The molecule has 3 N–H and O–H groups in total. The number of aromatic nitrogens is 7. The molecule has 24 heteroatoms. The molecule has 6 aliphatic rings. The van der Waals surface area contributed by atoms with Crippen LogP contribution < -0.4 is 20.1 Å². The summed E-state index contributed by atoms with van der Waals surface area (Å²) >= 11 is 0. The molecule has 13 rings (SSSR count). The predicted octanol–water partition coefficient (Wildman–Crippen LogP) is 10.9. The molecule has 3 aromatic heterocycles. The quantitative estimate of drug-likeness (QED) is 0.0334. The van der Waals surface area contributed by atoms with Crippen LogP contribution in [0.15, 0.2) is 84.7 Å². The van der Waals surface area contributed by atoms with E-state index in [1.807, 2.05) is 57.7 Å². The topological polar surface area (TPSA) is 225 Å². The van der Waals surface area contributed by atoms with Crippen molar-refractivity contribution in [3.05, 3.63) is 130 Å². The number of likely N-dealkylation sites (tertiary alicyclic amines) is 2. The Labute approximate surface area is 544 Å². The number of amides is 2. The number of carbonyl (C=O) groups is 3. The number of nitrogens with zero attached hydrogens (tertiary/aromatic N) is 10. The van der Waals surface area contributed by atoms with Crippen LogP contribution in [0.3, 0.4) is 0 Å². The third-order valence-corrected chi connectivity index (χ3v) is 18.4. The second-order valence-corrected chi connectivity index (χ2v) is 26.1. The van der Waals surface area contributed by atoms with E-state index < -0.39 is 40.5 Å². The molecule has 2 bridgehead atoms. The summed E-state index contributed by atoms with van der Waals surface area (Å²) in [5.74, 6) is -3.00. The number of aliphatic hydroxyl groups excluding tert-OH is 1. The number of nitrogens with one attached hydrogen (secondary N) is 1. The summed E-state index contributed by atoms with van der Waals surface area (Å²) in [6.45, 7) is 12.3. The van der Waals surface area contributed by atoms with E-state index in [2.05, 4.69) is 55.0 Å². The molecule has 2 amide bonds. The number of anilines is 1. The minimum absolute atomic E-state index is 0. The fourth-order valence-corrected chi connectivity index (χ4v) is 13.4. The summed E-state index contributed by atoms with van der Waals surface area (Å²) in [5, 5.41) is 43.7. The van der Waals surface area contributed by atoms with Gasteiger partial charge in [-0.15, -0.1) is 5.10 Å². The number of halogens is 4. The van der Waals surface area contributed by atoms with Gasteiger partial charge in [0.1, 0.15) is 52.8 Å². The van der Waals surface area contributed by atoms with Gasteiger partial charge in [0.05, 0.1) is 60.8 Å². The van der Waals surface area contributed by atoms with Crippen LogP contribution in [-0.4, -0.2) is 145 Å². The van der Waals surface area contributed by atoms with Gasteiger partial charge >= 0.3 is 12.1 Å². The summed E-state index contributed by atoms with van der Waals surface area (Å²) in [5.41, 5.74) is 4.79. The van der Waals surface area contributed by atoms with Crippen molar-refractivity contribution in [2.45, 2.75) is 153 Å². The van der Waals surface area contributed by atoms with E-state index in [1.54, 1.807) is 23.0 Å². The van der Waals surface area contributed by atoms with Crippen molar-refractivity contribution in [3.63, 3.8) is 0 Å². The molecule has 6 atom stereocenters. The Kier molecular flexibility index (Phi) is 19.7. The number of fused-ring (bicyclic) bond motifs is 4. The van der Waals surface area contributed by atoms with E-state index in [0.29, 0.717) is 108 Å². The van der Waals surface area contributed by atoms with Crippen LogP contribution in [0.5, 0.6) is 11.8 Å². The number of hydrogen-bond donors (Lipinski definition) is 3. The number of allylic oxidation sites excluding steroid dienone is 4. The Morgan fingerprint density at radius 2 is 1.67 bits per heavy atom. The van der Waals surface area contributed by atoms with E-state index in [4.69, 9.17) is 24.2 Å². The molecular formula is C68H76F4N11O8Pd-. The first kappa shape index (κ1) is 65.9. The SMILES string of the molecule is CC(C)C(C=O)n1cc(C2C=CC(CCc3c(F)cc4n[n-]cc4c3-c3c(C4CC4)cc4c(N5CC6CC5CN6C(=O)OC(C)(C)C)nc(OC5CCOCC5)nc4c3O)=CC2)nn1.CN1CCCC1C(=O)NC(CO)c1ccc(-c2c(F)ccc(F)c2F)cc1.[Pd]. The van der Waals surface area contributed by atoms with Gasteiger partial charge in [-0.2, -0.15) is 16.2 Å². The molecule has 4 saturated heterocycles. The zero-order chi connectivity index (χ0) is 64.0. The van der Waals surface area contributed by atoms with Crippen molar-refractivity contribution >= 4 is 45.9 Å². The van der Waals surface area contributed by atoms with E-state index in [-0.39, 0.29) is 104 Å². The number of carbonyl (C=O) groups excluding carboxylic acids is 3. The van der Waals surface area contributed by atoms with Crippen LogP contribution in [0.2, 0.25) is 0 Å². The Hall–Kier alpha value is -7.62. The molecule has 7 aromatic rings. The van der Waals surface area contributed by atoms with Crippen molar-refractivity contribution in [2.24, 2.45) is 5.92 Å². The monoisotopic (exact) mass is 1360 g/mol. The standard InChI is InChI=1S/C48H55FN9O6.C20H21F3N2O2.Pd/c1-26(2)40(25-59)58-24-39(54-55-58)29-9-6-27(7-10-29)8-13-33-37(49)20-38-36(21-50-53-38)41(33)42-34(28-11-12-28)19-35-43(44(42)60)51-46(63-32-14-16-62-17-15-32)52-45(35)56-22-31-18-30(56)23-57(31)47(61)64-48(3,4)5;1-25-10-2-3-17(25)20(27)24-16(11-26)12-4-6-13(7-5-12)18-14(21)8-9-15(22)19(18)23;/h6-7,9,19-21,24-26,28-32,40H,8,10-18,22-23H2,1-5H3,(H-,50,51,52,53,54,55,60);4-9,16-17,26H,2-3,10-11H2,1H3,(H,24,27);/q-1;;. The average molecular weight is 1360 g/mol. The van der Waals surface area contributed by atoms with Gasteiger partial charge in [0.2, 0.25) is 5.91 Å². The van der Waals surface area contributed by atoms with Crippen molar-refractivity contribution in [1.82, 2.24) is 50.3 Å². The molecule has 4 aliphatic heterocycles. The largest absolute Gasteiger partial charge is 0.581 e. The number of rotatable bonds is 17. The van der Waals surface area contributed by atoms with Gasteiger partial charge in [0.25, 0.3) is 0 Å². The van der Waals surface area contributed by atoms with Crippen molar-refractivity contribution in [2.75, 3.05) is 51.4 Å². The average Bonchev–Trinajstić information content (AvgIpc) is 1.30. The van der Waals surface area contributed by atoms with Gasteiger partial charge < -0.3 is 54.5 Å². The zero-order valence-electron chi connectivity index (χ0n) is 52.2. The Morgan fingerprint density at radius 3 is 2.33 bits per heavy atom. The van der Waals surface area contributed by atoms with Crippen LogP contribution in [0.4, 0.5) is 28.2 Å². The Bertz CT molecular complexity index is 3940. The molecule has 7 heterocycles. The number of phenolic OH excluding ortho intramolecular Hbond substituents is 1. The molecule has 5 fully saturated rings. The van der Waals surface area contributed by atoms with Gasteiger partial charge in [-0.3, -0.25) is 9.69 Å². The number of aliphatic hydroxyl groups is 1. The summed E-state index contributed by atoms with van der Waals surface area (Å²) in [4.78, 5) is 53.4. The number of benzene rings is 4. The van der Waals surface area contributed by atoms with Gasteiger partial charge in [-0.25, -0.2) is 27.0 Å². The van der Waals surface area contributed by atoms with Crippen LogP contribution in [0.25, 0.3) is 44.1 Å². The molecule has 4 aromatic carbocycles. The van der Waals surface area contributed by atoms with Crippen LogP contribution in [0.1, 0.15) is 139 Å². The maximum Gasteiger partial charge on any atom is 0.410 e. The maximum absolute atomic E-state index is 16.7. The summed E-state index contributed by atoms with van der Waals surface area (Å²) in [7, 11) is 1.88. The molecule has 19 nitrogen and oxygen atoms in total. The smallest absolute Gasteiger partial charge is 0.410 e. The second kappa shape index (κ2) is 27.5. The number of phenols is 1.